The van der Waals surface area contributed by atoms with Crippen molar-refractivity contribution in [2.45, 2.75) is 5.16 Å². The molecule has 0 bridgehead atoms. The van der Waals surface area contributed by atoms with Crippen LogP contribution in [-0.4, -0.2) is 18.4 Å². The van der Waals surface area contributed by atoms with Crippen LogP contribution in [0.3, 0.4) is 0 Å². The Morgan fingerprint density at radius 3 is 2.18 bits per heavy atom. The molecule has 0 unspecified atom stereocenters. The third-order valence-electron chi connectivity index (χ3n) is 0.851. The van der Waals surface area contributed by atoms with Gasteiger partial charge >= 0.3 is 0 Å². The van der Waals surface area contributed by atoms with E-state index in [9.17, 15) is 8.42 Å². The Kier molecular flexibility index (Phi) is 2.40. The van der Waals surface area contributed by atoms with Crippen molar-refractivity contribution < 1.29 is 8.42 Å². The summed E-state index contributed by atoms with van der Waals surface area (Å²) >= 11 is 1.96. The molecule has 7 heteroatoms. The van der Waals surface area contributed by atoms with E-state index in [4.69, 9.17) is 5.14 Å². The smallest absolute Gasteiger partial charge is 0.225 e. The average molecular weight is 285 g/mol. The summed E-state index contributed by atoms with van der Waals surface area (Å²) in [4.78, 5) is 7.04. The Balaban J connectivity index is 3.20. The lowest BCUT2D eigenvalue weighted by molar-refractivity contribution is 0.588. The Hall–Kier alpha value is -0.280. The van der Waals surface area contributed by atoms with Crippen LogP contribution in [0.5, 0.6) is 0 Å². The van der Waals surface area contributed by atoms with Crippen molar-refractivity contribution in [3.8, 4) is 0 Å². The number of aromatic nitrogens is 2. The van der Waals surface area contributed by atoms with Crippen LogP contribution in [0.15, 0.2) is 17.6 Å². The highest BCUT2D eigenvalue weighted by molar-refractivity contribution is 14.1. The van der Waals surface area contributed by atoms with Gasteiger partial charge in [-0.3, -0.25) is 0 Å². The number of nitrogens with two attached hydrogens (primary N) is 1. The minimum absolute atomic E-state index is 0.349. The molecule has 0 aliphatic carbocycles. The quantitative estimate of drug-likeness (QED) is 0.568. The number of rotatable bonds is 1. The summed E-state index contributed by atoms with van der Waals surface area (Å²) in [7, 11) is -3.75. The number of sulfonamides is 1. The average Bonchev–Trinajstić information content (AvgIpc) is 1.86. The molecule has 1 aromatic heterocycles. The summed E-state index contributed by atoms with van der Waals surface area (Å²) in [6.07, 6.45) is 2.76. The maximum absolute atomic E-state index is 10.6. The summed E-state index contributed by atoms with van der Waals surface area (Å²) in [5, 5.41) is 4.40. The highest BCUT2D eigenvalue weighted by atomic mass is 127. The summed E-state index contributed by atoms with van der Waals surface area (Å²) in [6, 6.07) is 0. The Bertz CT molecular complexity index is 346. The fraction of sp³-hybridized carbons (Fsp3) is 0. The standard InChI is InChI=1S/C4H4IN3O2S/c5-3-1-7-4(8-2-3)11(6,9)10/h1-2H,(H2,6,9,10). The minimum Gasteiger partial charge on any atom is -0.225 e. The first-order valence-corrected chi connectivity index (χ1v) is 5.13. The number of nitrogens with zero attached hydrogens (tertiary/aromatic N) is 2. The minimum atomic E-state index is -3.75. The van der Waals surface area contributed by atoms with Crippen LogP contribution in [0.25, 0.3) is 0 Å². The molecule has 0 fully saturated rings. The van der Waals surface area contributed by atoms with E-state index < -0.39 is 10.0 Å². The highest BCUT2D eigenvalue weighted by Gasteiger charge is 2.09. The Morgan fingerprint density at radius 2 is 1.82 bits per heavy atom. The molecule has 1 aromatic rings. The molecule has 60 valence electrons. The van der Waals surface area contributed by atoms with Crippen LogP contribution in [0.1, 0.15) is 0 Å². The predicted octanol–water partition coefficient (Wildman–Crippen LogP) is -0.271. The molecule has 2 N–H and O–H groups in total. The molecule has 0 saturated heterocycles. The molecule has 0 aromatic carbocycles. The first-order valence-electron chi connectivity index (χ1n) is 2.50. The van der Waals surface area contributed by atoms with Gasteiger partial charge in [-0.2, -0.15) is 0 Å². The lowest BCUT2D eigenvalue weighted by Gasteiger charge is -1.93. The van der Waals surface area contributed by atoms with E-state index in [1.807, 2.05) is 22.6 Å². The topological polar surface area (TPSA) is 85.9 Å². The predicted molar refractivity (Wildman–Crippen MR) is 46.1 cm³/mol. The van der Waals surface area contributed by atoms with Gasteiger partial charge in [0.1, 0.15) is 0 Å². The van der Waals surface area contributed by atoms with E-state index in [0.717, 1.165) is 3.57 Å². The Morgan fingerprint density at radius 1 is 1.36 bits per heavy atom. The zero-order valence-corrected chi connectivity index (χ0v) is 8.20. The molecule has 0 spiro atoms. The van der Waals surface area contributed by atoms with Gasteiger partial charge in [-0.05, 0) is 22.6 Å². The molecule has 11 heavy (non-hydrogen) atoms. The van der Waals surface area contributed by atoms with Gasteiger partial charge in [-0.25, -0.2) is 23.5 Å². The van der Waals surface area contributed by atoms with Crippen LogP contribution in [0, 0.1) is 3.57 Å². The van der Waals surface area contributed by atoms with E-state index in [2.05, 4.69) is 9.97 Å². The lowest BCUT2D eigenvalue weighted by Crippen LogP contribution is -2.15. The highest BCUT2D eigenvalue weighted by Crippen LogP contribution is 2.01. The molecule has 0 saturated carbocycles. The molecule has 0 radical (unpaired) electrons. The Labute approximate surface area is 77.2 Å². The van der Waals surface area contributed by atoms with Crippen molar-refractivity contribution in [2.75, 3.05) is 0 Å². The summed E-state index contributed by atoms with van der Waals surface area (Å²) in [5.74, 6) is 0. The number of hydrogen-bond acceptors (Lipinski definition) is 4. The van der Waals surface area contributed by atoms with Gasteiger partial charge < -0.3 is 0 Å². The van der Waals surface area contributed by atoms with Crippen LogP contribution in [0.2, 0.25) is 0 Å². The largest absolute Gasteiger partial charge is 0.273 e. The number of primary sulfonamides is 1. The zero-order chi connectivity index (χ0) is 8.48. The van der Waals surface area contributed by atoms with E-state index in [1.165, 1.54) is 12.4 Å². The van der Waals surface area contributed by atoms with E-state index in [1.54, 1.807) is 0 Å². The molecule has 0 aliphatic heterocycles. The van der Waals surface area contributed by atoms with Crippen LogP contribution in [0.4, 0.5) is 0 Å². The zero-order valence-electron chi connectivity index (χ0n) is 5.23. The van der Waals surface area contributed by atoms with Gasteiger partial charge in [0.05, 0.1) is 0 Å². The number of halogens is 1. The molecule has 1 rings (SSSR count). The third kappa shape index (κ3) is 2.34. The maximum atomic E-state index is 10.6. The first kappa shape index (κ1) is 8.81. The molecule has 5 nitrogen and oxygen atoms in total. The van der Waals surface area contributed by atoms with Gasteiger partial charge in [0.25, 0.3) is 15.2 Å². The summed E-state index contributed by atoms with van der Waals surface area (Å²) < 4.78 is 21.9. The fourth-order valence-electron chi connectivity index (χ4n) is 0.447. The van der Waals surface area contributed by atoms with Crippen molar-refractivity contribution in [1.29, 1.82) is 0 Å². The summed E-state index contributed by atoms with van der Waals surface area (Å²) in [6.45, 7) is 0. The van der Waals surface area contributed by atoms with E-state index in [0.29, 0.717) is 0 Å². The third-order valence-corrected chi connectivity index (χ3v) is 2.13. The monoisotopic (exact) mass is 285 g/mol. The lowest BCUT2D eigenvalue weighted by atomic mass is 10.7. The van der Waals surface area contributed by atoms with Crippen molar-refractivity contribution in [2.24, 2.45) is 5.14 Å². The van der Waals surface area contributed by atoms with E-state index in [-0.39, 0.29) is 5.16 Å². The van der Waals surface area contributed by atoms with Crippen LogP contribution >= 0.6 is 22.6 Å². The fourth-order valence-corrected chi connectivity index (χ4v) is 1.13. The van der Waals surface area contributed by atoms with E-state index >= 15 is 0 Å². The SMILES string of the molecule is NS(=O)(=O)c1ncc(I)cn1. The summed E-state index contributed by atoms with van der Waals surface area (Å²) in [5.41, 5.74) is 0. The van der Waals surface area contributed by atoms with Crippen molar-refractivity contribution in [3.05, 3.63) is 16.0 Å². The molecule has 0 aliphatic rings. The molecule has 1 heterocycles. The van der Waals surface area contributed by atoms with Gasteiger partial charge in [0, 0.05) is 16.0 Å². The van der Waals surface area contributed by atoms with Gasteiger partial charge in [-0.15, -0.1) is 0 Å². The van der Waals surface area contributed by atoms with Crippen LogP contribution < -0.4 is 5.14 Å². The molecule has 0 atom stereocenters. The van der Waals surface area contributed by atoms with Crippen molar-refractivity contribution in [3.63, 3.8) is 0 Å². The van der Waals surface area contributed by atoms with Gasteiger partial charge in [0.15, 0.2) is 0 Å². The van der Waals surface area contributed by atoms with Crippen molar-refractivity contribution in [1.82, 2.24) is 9.97 Å². The molecular weight excluding hydrogens is 281 g/mol. The maximum Gasteiger partial charge on any atom is 0.273 e. The number of hydrogen-bond donors (Lipinski definition) is 1. The van der Waals surface area contributed by atoms with Gasteiger partial charge in [0.2, 0.25) is 0 Å². The van der Waals surface area contributed by atoms with Crippen LogP contribution in [-0.2, 0) is 10.0 Å². The second-order valence-electron chi connectivity index (χ2n) is 1.73. The molecule has 0 amide bonds. The van der Waals surface area contributed by atoms with Gasteiger partial charge in [-0.1, -0.05) is 0 Å². The normalized spacial score (nSPS) is 11.5. The first-order chi connectivity index (χ1) is 5.00. The second-order valence-corrected chi connectivity index (χ2v) is 4.43. The second kappa shape index (κ2) is 2.99. The molecular formula is C4H4IN3O2S. The van der Waals surface area contributed by atoms with Crippen molar-refractivity contribution >= 4 is 32.6 Å².